The van der Waals surface area contributed by atoms with Gasteiger partial charge in [-0.1, -0.05) is 11.6 Å². The molecule has 0 aromatic heterocycles. The summed E-state index contributed by atoms with van der Waals surface area (Å²) in [5.41, 5.74) is 0.0745. The van der Waals surface area contributed by atoms with E-state index in [9.17, 15) is 9.18 Å². The van der Waals surface area contributed by atoms with E-state index in [1.807, 2.05) is 6.92 Å². The summed E-state index contributed by atoms with van der Waals surface area (Å²) in [6.07, 6.45) is -0.478. The fourth-order valence-electron chi connectivity index (χ4n) is 1.47. The zero-order valence-electron chi connectivity index (χ0n) is 12.1. The van der Waals surface area contributed by atoms with E-state index in [2.05, 4.69) is 10.6 Å². The Morgan fingerprint density at radius 2 is 2.10 bits per heavy atom. The number of rotatable bonds is 4. The van der Waals surface area contributed by atoms with E-state index in [0.29, 0.717) is 12.2 Å². The molecule has 1 rings (SSSR count). The molecule has 2 N–H and O–H groups in total. The molecular weight excluding hydrogens is 283 g/mol. The summed E-state index contributed by atoms with van der Waals surface area (Å²) < 4.78 is 18.4. The molecule has 1 unspecified atom stereocenters. The van der Waals surface area contributed by atoms with Gasteiger partial charge in [-0.25, -0.2) is 9.18 Å². The van der Waals surface area contributed by atoms with Crippen LogP contribution in [0.5, 0.6) is 0 Å². The minimum Gasteiger partial charge on any atom is -0.444 e. The molecule has 0 aliphatic rings. The van der Waals surface area contributed by atoms with Gasteiger partial charge in [0.2, 0.25) is 0 Å². The Labute approximate surface area is 123 Å². The van der Waals surface area contributed by atoms with Gasteiger partial charge in [0.05, 0.1) is 5.02 Å². The highest BCUT2D eigenvalue weighted by molar-refractivity contribution is 6.30. The smallest absolute Gasteiger partial charge is 0.407 e. The van der Waals surface area contributed by atoms with Gasteiger partial charge in [-0.15, -0.1) is 0 Å². The molecule has 20 heavy (non-hydrogen) atoms. The quantitative estimate of drug-likeness (QED) is 0.889. The Hall–Kier alpha value is -1.49. The van der Waals surface area contributed by atoms with Gasteiger partial charge in [-0.05, 0) is 45.9 Å². The topological polar surface area (TPSA) is 50.4 Å². The van der Waals surface area contributed by atoms with Crippen molar-refractivity contribution in [1.82, 2.24) is 5.32 Å². The van der Waals surface area contributed by atoms with E-state index in [4.69, 9.17) is 16.3 Å². The standard InChI is InChI=1S/C14H20ClFN2O2/c1-9(8-17-13(19)20-14(2,3)4)18-10-5-6-11(15)12(16)7-10/h5-7,9,18H,8H2,1-4H3,(H,17,19). The summed E-state index contributed by atoms with van der Waals surface area (Å²) in [6.45, 7) is 7.61. The predicted molar refractivity (Wildman–Crippen MR) is 78.7 cm³/mol. The monoisotopic (exact) mass is 302 g/mol. The van der Waals surface area contributed by atoms with Crippen LogP contribution in [0.25, 0.3) is 0 Å². The maximum atomic E-state index is 13.3. The molecule has 0 bridgehead atoms. The number of hydrogen-bond acceptors (Lipinski definition) is 3. The summed E-state index contributed by atoms with van der Waals surface area (Å²) >= 11 is 5.61. The first-order chi connectivity index (χ1) is 9.17. The van der Waals surface area contributed by atoms with Crippen LogP contribution < -0.4 is 10.6 Å². The second-order valence-electron chi connectivity index (χ2n) is 5.56. The van der Waals surface area contributed by atoms with Gasteiger partial charge in [0.15, 0.2) is 0 Å². The van der Waals surface area contributed by atoms with Gasteiger partial charge in [-0.2, -0.15) is 0 Å². The third-order valence-electron chi connectivity index (χ3n) is 2.28. The number of amides is 1. The van der Waals surface area contributed by atoms with Crippen LogP contribution >= 0.6 is 11.6 Å². The molecule has 112 valence electrons. The van der Waals surface area contributed by atoms with Gasteiger partial charge in [0, 0.05) is 18.3 Å². The fraction of sp³-hybridized carbons (Fsp3) is 0.500. The summed E-state index contributed by atoms with van der Waals surface area (Å²) in [5, 5.41) is 5.78. The second kappa shape index (κ2) is 6.79. The lowest BCUT2D eigenvalue weighted by atomic mass is 10.2. The van der Waals surface area contributed by atoms with Crippen molar-refractivity contribution in [2.45, 2.75) is 39.3 Å². The van der Waals surface area contributed by atoms with Crippen molar-refractivity contribution in [3.05, 3.63) is 29.0 Å². The Kier molecular flexibility index (Phi) is 5.62. The maximum Gasteiger partial charge on any atom is 0.407 e. The normalized spacial score (nSPS) is 12.7. The Morgan fingerprint density at radius 3 is 2.65 bits per heavy atom. The van der Waals surface area contributed by atoms with Crippen LogP contribution in [0.1, 0.15) is 27.7 Å². The summed E-state index contributed by atoms with van der Waals surface area (Å²) in [4.78, 5) is 11.5. The van der Waals surface area contributed by atoms with Crippen molar-refractivity contribution in [2.75, 3.05) is 11.9 Å². The van der Waals surface area contributed by atoms with Crippen molar-refractivity contribution in [1.29, 1.82) is 0 Å². The first-order valence-electron chi connectivity index (χ1n) is 6.36. The molecule has 0 aliphatic heterocycles. The molecule has 0 heterocycles. The lowest BCUT2D eigenvalue weighted by Gasteiger charge is -2.21. The maximum absolute atomic E-state index is 13.3. The number of alkyl carbamates (subject to hydrolysis) is 1. The molecule has 1 atom stereocenters. The molecule has 1 amide bonds. The molecule has 6 heteroatoms. The third-order valence-corrected chi connectivity index (χ3v) is 2.59. The Bertz CT molecular complexity index is 475. The number of benzene rings is 1. The van der Waals surface area contributed by atoms with Crippen LogP contribution in [-0.4, -0.2) is 24.3 Å². The van der Waals surface area contributed by atoms with Gasteiger partial charge in [0.25, 0.3) is 0 Å². The zero-order valence-corrected chi connectivity index (χ0v) is 12.8. The zero-order chi connectivity index (χ0) is 15.3. The lowest BCUT2D eigenvalue weighted by molar-refractivity contribution is 0.0526. The first-order valence-corrected chi connectivity index (χ1v) is 6.73. The summed E-state index contributed by atoms with van der Waals surface area (Å²) in [7, 11) is 0. The van der Waals surface area contributed by atoms with Gasteiger partial charge in [-0.3, -0.25) is 0 Å². The molecule has 0 saturated heterocycles. The van der Waals surface area contributed by atoms with Crippen molar-refractivity contribution in [3.63, 3.8) is 0 Å². The second-order valence-corrected chi connectivity index (χ2v) is 5.96. The van der Waals surface area contributed by atoms with Crippen molar-refractivity contribution < 1.29 is 13.9 Å². The molecule has 1 aromatic carbocycles. The SMILES string of the molecule is CC(CNC(=O)OC(C)(C)C)Nc1ccc(Cl)c(F)c1. The molecular formula is C14H20ClFN2O2. The number of ether oxygens (including phenoxy) is 1. The Balaban J connectivity index is 2.42. The molecule has 0 radical (unpaired) electrons. The van der Waals surface area contributed by atoms with Crippen LogP contribution in [0.4, 0.5) is 14.9 Å². The van der Waals surface area contributed by atoms with Gasteiger partial charge in [0.1, 0.15) is 11.4 Å². The summed E-state index contributed by atoms with van der Waals surface area (Å²) in [5.74, 6) is -0.482. The molecule has 0 saturated carbocycles. The number of nitrogens with one attached hydrogen (secondary N) is 2. The highest BCUT2D eigenvalue weighted by Crippen LogP contribution is 2.19. The van der Waals surface area contributed by atoms with Crippen LogP contribution in [-0.2, 0) is 4.74 Å². The molecule has 0 aliphatic carbocycles. The van der Waals surface area contributed by atoms with E-state index >= 15 is 0 Å². The van der Waals surface area contributed by atoms with Crippen LogP contribution in [0.15, 0.2) is 18.2 Å². The number of anilines is 1. The van der Waals surface area contributed by atoms with Gasteiger partial charge < -0.3 is 15.4 Å². The average Bonchev–Trinajstić information content (AvgIpc) is 2.29. The summed E-state index contributed by atoms with van der Waals surface area (Å²) in [6, 6.07) is 4.39. The van der Waals surface area contributed by atoms with E-state index in [1.54, 1.807) is 26.8 Å². The third kappa shape index (κ3) is 6.10. The average molecular weight is 303 g/mol. The van der Waals surface area contributed by atoms with E-state index < -0.39 is 17.5 Å². The molecule has 0 fully saturated rings. The van der Waals surface area contributed by atoms with Crippen LogP contribution in [0.3, 0.4) is 0 Å². The predicted octanol–water partition coefficient (Wildman–Crippen LogP) is 3.80. The highest BCUT2D eigenvalue weighted by atomic mass is 35.5. The van der Waals surface area contributed by atoms with Gasteiger partial charge >= 0.3 is 6.09 Å². The number of halogens is 2. The highest BCUT2D eigenvalue weighted by Gasteiger charge is 2.16. The van der Waals surface area contributed by atoms with E-state index in [0.717, 1.165) is 0 Å². The fourth-order valence-corrected chi connectivity index (χ4v) is 1.59. The molecule has 1 aromatic rings. The minimum atomic E-state index is -0.528. The van der Waals surface area contributed by atoms with Crippen molar-refractivity contribution in [2.24, 2.45) is 0 Å². The van der Waals surface area contributed by atoms with E-state index in [1.165, 1.54) is 12.1 Å². The van der Waals surface area contributed by atoms with E-state index in [-0.39, 0.29) is 11.1 Å². The number of carbonyl (C=O) groups is 1. The lowest BCUT2D eigenvalue weighted by Crippen LogP contribution is -2.38. The first kappa shape index (κ1) is 16.6. The van der Waals surface area contributed by atoms with Crippen molar-refractivity contribution >= 4 is 23.4 Å². The Morgan fingerprint density at radius 1 is 1.45 bits per heavy atom. The van der Waals surface area contributed by atoms with Crippen LogP contribution in [0.2, 0.25) is 5.02 Å². The molecule has 4 nitrogen and oxygen atoms in total. The van der Waals surface area contributed by atoms with Crippen LogP contribution in [0, 0.1) is 5.82 Å². The minimum absolute atomic E-state index is 0.0788. The number of carbonyl (C=O) groups excluding carboxylic acids is 1. The van der Waals surface area contributed by atoms with Crippen molar-refractivity contribution in [3.8, 4) is 0 Å². The molecule has 0 spiro atoms. The number of hydrogen-bond donors (Lipinski definition) is 2. The largest absolute Gasteiger partial charge is 0.444 e.